The second-order valence-corrected chi connectivity index (χ2v) is 6.76. The van der Waals surface area contributed by atoms with E-state index < -0.39 is 11.5 Å². The summed E-state index contributed by atoms with van der Waals surface area (Å²) in [6, 6.07) is 3.93. The van der Waals surface area contributed by atoms with Crippen LogP contribution in [0.2, 0.25) is 0 Å². The van der Waals surface area contributed by atoms with Gasteiger partial charge < -0.3 is 5.11 Å². The first kappa shape index (κ1) is 12.2. The highest BCUT2D eigenvalue weighted by molar-refractivity contribution is 9.13. The van der Waals surface area contributed by atoms with Gasteiger partial charge in [0.05, 0.1) is 15.3 Å². The number of nitrogens with zero attached hydrogens (tertiary/aromatic N) is 1. The number of halogens is 2. The van der Waals surface area contributed by atoms with E-state index in [4.69, 9.17) is 5.26 Å². The minimum absolute atomic E-state index is 0.750. The maximum atomic E-state index is 9.93. The van der Waals surface area contributed by atoms with E-state index in [1.165, 1.54) is 11.3 Å². The predicted molar refractivity (Wildman–Crippen MR) is 64.1 cm³/mol. The van der Waals surface area contributed by atoms with Gasteiger partial charge in [0.15, 0.2) is 0 Å². The summed E-state index contributed by atoms with van der Waals surface area (Å²) in [4.78, 5) is 0.787. The van der Waals surface area contributed by atoms with E-state index in [1.54, 1.807) is 13.8 Å². The highest BCUT2D eigenvalue weighted by Crippen LogP contribution is 2.41. The van der Waals surface area contributed by atoms with Gasteiger partial charge in [0.2, 0.25) is 0 Å². The maximum Gasteiger partial charge on any atom is 0.106 e. The van der Waals surface area contributed by atoms with Crippen LogP contribution in [-0.2, 0) is 0 Å². The van der Waals surface area contributed by atoms with E-state index in [0.717, 1.165) is 13.1 Å². The molecule has 0 aliphatic heterocycles. The first-order valence-electron chi connectivity index (χ1n) is 3.92. The van der Waals surface area contributed by atoms with Gasteiger partial charge in [-0.25, -0.2) is 0 Å². The largest absolute Gasteiger partial charge is 0.386 e. The van der Waals surface area contributed by atoms with Crippen LogP contribution in [-0.4, -0.2) is 5.11 Å². The number of aliphatic hydroxyl groups excluding tert-OH is 1. The molecule has 0 aromatic carbocycles. The summed E-state index contributed by atoms with van der Waals surface area (Å²) in [5.41, 5.74) is -0.760. The van der Waals surface area contributed by atoms with Crippen molar-refractivity contribution in [2.75, 3.05) is 0 Å². The summed E-state index contributed by atoms with van der Waals surface area (Å²) in [6.45, 7) is 3.44. The Hall–Kier alpha value is 0.110. The average molecular weight is 339 g/mol. The molecule has 2 nitrogen and oxygen atoms in total. The van der Waals surface area contributed by atoms with Crippen LogP contribution in [0, 0.1) is 16.7 Å². The van der Waals surface area contributed by atoms with Gasteiger partial charge in [-0.2, -0.15) is 5.26 Å². The molecule has 1 unspecified atom stereocenters. The highest BCUT2D eigenvalue weighted by atomic mass is 79.9. The molecule has 5 heteroatoms. The fourth-order valence-corrected chi connectivity index (χ4v) is 3.18. The second kappa shape index (κ2) is 4.31. The molecule has 76 valence electrons. The van der Waals surface area contributed by atoms with Crippen molar-refractivity contribution in [3.05, 3.63) is 19.2 Å². The van der Waals surface area contributed by atoms with Gasteiger partial charge in [0.1, 0.15) is 6.10 Å². The lowest BCUT2D eigenvalue weighted by molar-refractivity contribution is 0.0901. The summed E-state index contributed by atoms with van der Waals surface area (Å²) >= 11 is 8.13. The lowest BCUT2D eigenvalue weighted by Crippen LogP contribution is -2.18. The van der Waals surface area contributed by atoms with E-state index in [0.29, 0.717) is 0 Å². The molecule has 0 fully saturated rings. The topological polar surface area (TPSA) is 44.0 Å². The van der Waals surface area contributed by atoms with Crippen molar-refractivity contribution in [2.24, 2.45) is 5.41 Å². The van der Waals surface area contributed by atoms with Gasteiger partial charge in [-0.1, -0.05) is 0 Å². The van der Waals surface area contributed by atoms with Gasteiger partial charge >= 0.3 is 0 Å². The molecule has 1 N–H and O–H groups in total. The zero-order chi connectivity index (χ0) is 10.9. The van der Waals surface area contributed by atoms with E-state index in [9.17, 15) is 5.11 Å². The lowest BCUT2D eigenvalue weighted by atomic mass is 9.87. The Morgan fingerprint density at radius 3 is 2.50 bits per heavy atom. The van der Waals surface area contributed by atoms with Gasteiger partial charge in [0.25, 0.3) is 0 Å². The fourth-order valence-electron chi connectivity index (χ4n) is 0.915. The SMILES string of the molecule is CC(C)(C#N)C(O)c1cc(Br)c(Br)s1. The van der Waals surface area contributed by atoms with Gasteiger partial charge in [-0.3, -0.25) is 0 Å². The van der Waals surface area contributed by atoms with Crippen LogP contribution in [0.1, 0.15) is 24.8 Å². The lowest BCUT2D eigenvalue weighted by Gasteiger charge is -2.21. The Kier molecular flexibility index (Phi) is 3.75. The Morgan fingerprint density at radius 2 is 2.14 bits per heavy atom. The monoisotopic (exact) mass is 337 g/mol. The van der Waals surface area contributed by atoms with E-state index in [2.05, 4.69) is 37.9 Å². The van der Waals surface area contributed by atoms with Crippen molar-refractivity contribution < 1.29 is 5.11 Å². The normalized spacial score (nSPS) is 13.7. The molecule has 1 heterocycles. The van der Waals surface area contributed by atoms with E-state index in [1.807, 2.05) is 6.07 Å². The van der Waals surface area contributed by atoms with Gasteiger partial charge in [-0.05, 0) is 51.8 Å². The summed E-state index contributed by atoms with van der Waals surface area (Å²) in [6.07, 6.45) is -0.750. The fraction of sp³-hybridized carbons (Fsp3) is 0.444. The summed E-state index contributed by atoms with van der Waals surface area (Å²) in [5.74, 6) is 0. The third kappa shape index (κ3) is 2.37. The van der Waals surface area contributed by atoms with Crippen LogP contribution in [0.25, 0.3) is 0 Å². The standard InChI is InChI=1S/C9H9Br2NOS/c1-9(2,4-12)7(13)6-3-5(10)8(11)14-6/h3,7,13H,1-2H3. The molecule has 0 amide bonds. The Morgan fingerprint density at radius 1 is 1.57 bits per heavy atom. The van der Waals surface area contributed by atoms with Crippen LogP contribution in [0.5, 0.6) is 0 Å². The predicted octanol–water partition coefficient (Wildman–Crippen LogP) is 3.86. The van der Waals surface area contributed by atoms with Crippen molar-refractivity contribution in [3.8, 4) is 6.07 Å². The molecule has 0 aliphatic rings. The summed E-state index contributed by atoms with van der Waals surface area (Å²) in [7, 11) is 0. The van der Waals surface area contributed by atoms with Crippen molar-refractivity contribution in [1.82, 2.24) is 0 Å². The van der Waals surface area contributed by atoms with Gasteiger partial charge in [0, 0.05) is 9.35 Å². The first-order chi connectivity index (χ1) is 6.38. The average Bonchev–Trinajstić information content (AvgIpc) is 2.45. The minimum atomic E-state index is -0.760. The molecular formula is C9H9Br2NOS. The Labute approximate surface area is 104 Å². The van der Waals surface area contributed by atoms with Crippen molar-refractivity contribution in [3.63, 3.8) is 0 Å². The van der Waals surface area contributed by atoms with Crippen molar-refractivity contribution >= 4 is 43.2 Å². The zero-order valence-corrected chi connectivity index (χ0v) is 11.7. The van der Waals surface area contributed by atoms with Gasteiger partial charge in [-0.15, -0.1) is 11.3 Å². The molecular weight excluding hydrogens is 330 g/mol. The first-order valence-corrected chi connectivity index (χ1v) is 6.33. The molecule has 1 aromatic heterocycles. The highest BCUT2D eigenvalue weighted by Gasteiger charge is 2.30. The zero-order valence-electron chi connectivity index (χ0n) is 7.71. The third-order valence-electron chi connectivity index (χ3n) is 1.91. The minimum Gasteiger partial charge on any atom is -0.386 e. The van der Waals surface area contributed by atoms with Crippen LogP contribution in [0.15, 0.2) is 14.3 Å². The second-order valence-electron chi connectivity index (χ2n) is 3.51. The third-order valence-corrected chi connectivity index (χ3v) is 5.21. The molecule has 1 rings (SSSR count). The number of aliphatic hydroxyl groups is 1. The Balaban J connectivity index is 3.02. The van der Waals surface area contributed by atoms with E-state index in [-0.39, 0.29) is 0 Å². The van der Waals surface area contributed by atoms with Crippen LogP contribution < -0.4 is 0 Å². The van der Waals surface area contributed by atoms with Crippen molar-refractivity contribution in [1.29, 1.82) is 5.26 Å². The molecule has 0 radical (unpaired) electrons. The quantitative estimate of drug-likeness (QED) is 0.889. The van der Waals surface area contributed by atoms with Crippen LogP contribution in [0.3, 0.4) is 0 Å². The molecule has 0 bridgehead atoms. The van der Waals surface area contributed by atoms with E-state index >= 15 is 0 Å². The smallest absolute Gasteiger partial charge is 0.106 e. The molecule has 0 aliphatic carbocycles. The van der Waals surface area contributed by atoms with Crippen LogP contribution in [0.4, 0.5) is 0 Å². The molecule has 1 atom stereocenters. The summed E-state index contributed by atoms with van der Waals surface area (Å²) in [5, 5.41) is 18.8. The molecule has 0 saturated heterocycles. The van der Waals surface area contributed by atoms with Crippen molar-refractivity contribution in [2.45, 2.75) is 20.0 Å². The number of rotatable bonds is 2. The molecule has 0 saturated carbocycles. The molecule has 0 spiro atoms. The maximum absolute atomic E-state index is 9.93. The van der Waals surface area contributed by atoms with Crippen LogP contribution >= 0.6 is 43.2 Å². The number of thiophene rings is 1. The summed E-state index contributed by atoms with van der Waals surface area (Å²) < 4.78 is 1.84. The number of nitriles is 1. The Bertz CT molecular complexity index is 361. The number of hydrogen-bond acceptors (Lipinski definition) is 3. The number of hydrogen-bond donors (Lipinski definition) is 1. The molecule has 1 aromatic rings. The molecule has 14 heavy (non-hydrogen) atoms.